The molecule has 3 rings (SSSR count). The lowest BCUT2D eigenvalue weighted by Crippen LogP contribution is -2.06. The van der Waals surface area contributed by atoms with Gasteiger partial charge in [-0.25, -0.2) is 13.4 Å². The molecule has 0 unspecified atom stereocenters. The number of hydrogen-bond acceptors (Lipinski definition) is 7. The number of aliphatic imine (C=N–C) groups is 1. The van der Waals surface area contributed by atoms with Gasteiger partial charge < -0.3 is 4.74 Å². The maximum absolute atomic E-state index is 13.3. The first kappa shape index (κ1) is 21.1. The third-order valence-corrected chi connectivity index (χ3v) is 6.70. The molecule has 0 radical (unpaired) electrons. The Kier molecular flexibility index (Phi) is 6.71. The van der Waals surface area contributed by atoms with Gasteiger partial charge >= 0.3 is 0 Å². The van der Waals surface area contributed by atoms with Crippen LogP contribution in [0.4, 0.5) is 0 Å². The van der Waals surface area contributed by atoms with E-state index in [1.807, 2.05) is 13.0 Å². The smallest absolute Gasteiger partial charge is 0.218 e. The van der Waals surface area contributed by atoms with Crippen LogP contribution in [-0.4, -0.2) is 42.6 Å². The maximum Gasteiger partial charge on any atom is 0.218 e. The molecule has 0 bridgehead atoms. The Balaban J connectivity index is 2.18. The van der Waals surface area contributed by atoms with E-state index < -0.39 is 9.84 Å². The van der Waals surface area contributed by atoms with Crippen molar-refractivity contribution in [2.45, 2.75) is 34.6 Å². The van der Waals surface area contributed by atoms with E-state index in [2.05, 4.69) is 15.1 Å². The average Bonchev–Trinajstić information content (AvgIpc) is 3.13. The number of allylic oxidation sites excluding steroid dienone is 1. The van der Waals surface area contributed by atoms with E-state index >= 15 is 0 Å². The van der Waals surface area contributed by atoms with Gasteiger partial charge in [0, 0.05) is 24.9 Å². The van der Waals surface area contributed by atoms with E-state index in [-0.39, 0.29) is 15.4 Å². The summed E-state index contributed by atoms with van der Waals surface area (Å²) in [5, 5.41) is 4.80. The van der Waals surface area contributed by atoms with Gasteiger partial charge in [-0.1, -0.05) is 31.2 Å². The van der Waals surface area contributed by atoms with E-state index in [0.717, 1.165) is 6.42 Å². The molecule has 2 heterocycles. The van der Waals surface area contributed by atoms with Crippen molar-refractivity contribution in [1.82, 2.24) is 14.6 Å². The van der Waals surface area contributed by atoms with Gasteiger partial charge in [-0.3, -0.25) is 4.99 Å². The van der Waals surface area contributed by atoms with Crippen molar-refractivity contribution in [2.75, 3.05) is 13.4 Å². The molecule has 0 saturated carbocycles. The summed E-state index contributed by atoms with van der Waals surface area (Å²) in [5.41, 5.74) is 0.880. The second kappa shape index (κ2) is 9.23. The SMILES string of the molecule is CC/C=C\N=CCc1cc(OC)n2nc(SC)c(S(=O)(=O)c3ccccc3)c2n1. The van der Waals surface area contributed by atoms with Crippen LogP contribution in [0.25, 0.3) is 5.65 Å². The van der Waals surface area contributed by atoms with Crippen LogP contribution in [0.5, 0.6) is 5.88 Å². The maximum atomic E-state index is 13.3. The molecule has 0 saturated heterocycles. The quantitative estimate of drug-likeness (QED) is 0.399. The summed E-state index contributed by atoms with van der Waals surface area (Å²) in [6.07, 6.45) is 8.52. The third kappa shape index (κ3) is 4.35. The first-order valence-corrected chi connectivity index (χ1v) is 11.7. The number of methoxy groups -OCH3 is 1. The molecule has 0 amide bonds. The molecule has 0 fully saturated rings. The molecule has 0 aliphatic rings. The first-order valence-electron chi connectivity index (χ1n) is 9.00. The number of sulfone groups is 1. The van der Waals surface area contributed by atoms with Crippen LogP contribution in [0.2, 0.25) is 0 Å². The van der Waals surface area contributed by atoms with Crippen LogP contribution in [0.15, 0.2) is 68.5 Å². The molecular weight excluding hydrogens is 408 g/mol. The monoisotopic (exact) mass is 430 g/mol. The molecule has 0 aliphatic heterocycles. The normalized spacial score (nSPS) is 12.4. The molecule has 1 aromatic carbocycles. The number of ether oxygens (including phenoxy) is 1. The number of fused-ring (bicyclic) bond motifs is 1. The van der Waals surface area contributed by atoms with E-state index in [4.69, 9.17) is 4.74 Å². The van der Waals surface area contributed by atoms with Crippen molar-refractivity contribution >= 4 is 33.5 Å². The Morgan fingerprint density at radius 1 is 1.28 bits per heavy atom. The summed E-state index contributed by atoms with van der Waals surface area (Å²) < 4.78 is 33.6. The average molecular weight is 431 g/mol. The van der Waals surface area contributed by atoms with Crippen LogP contribution in [0.3, 0.4) is 0 Å². The molecule has 0 atom stereocenters. The largest absolute Gasteiger partial charge is 0.481 e. The van der Waals surface area contributed by atoms with Gasteiger partial charge in [0.25, 0.3) is 0 Å². The van der Waals surface area contributed by atoms with Gasteiger partial charge in [0.15, 0.2) is 10.5 Å². The highest BCUT2D eigenvalue weighted by Crippen LogP contribution is 2.33. The minimum Gasteiger partial charge on any atom is -0.481 e. The number of aromatic nitrogens is 3. The lowest BCUT2D eigenvalue weighted by atomic mass is 10.3. The fourth-order valence-electron chi connectivity index (χ4n) is 2.71. The molecule has 0 N–H and O–H groups in total. The van der Waals surface area contributed by atoms with Gasteiger partial charge in [0.05, 0.1) is 17.7 Å². The van der Waals surface area contributed by atoms with Crippen molar-refractivity contribution in [1.29, 1.82) is 0 Å². The van der Waals surface area contributed by atoms with E-state index in [9.17, 15) is 8.42 Å². The number of rotatable bonds is 8. The summed E-state index contributed by atoms with van der Waals surface area (Å²) >= 11 is 1.25. The predicted octanol–water partition coefficient (Wildman–Crippen LogP) is 3.83. The molecule has 29 heavy (non-hydrogen) atoms. The first-order chi connectivity index (χ1) is 14.0. The van der Waals surface area contributed by atoms with Crippen molar-refractivity contribution in [3.63, 3.8) is 0 Å². The Labute approximate surface area is 174 Å². The fourth-order valence-corrected chi connectivity index (χ4v) is 5.12. The summed E-state index contributed by atoms with van der Waals surface area (Å²) in [5.74, 6) is 0.410. The van der Waals surface area contributed by atoms with E-state index in [1.165, 1.54) is 23.4 Å². The van der Waals surface area contributed by atoms with Crippen LogP contribution in [-0.2, 0) is 16.3 Å². The van der Waals surface area contributed by atoms with Crippen molar-refractivity contribution in [3.8, 4) is 5.88 Å². The lowest BCUT2D eigenvalue weighted by molar-refractivity contribution is 0.383. The lowest BCUT2D eigenvalue weighted by Gasteiger charge is -2.07. The van der Waals surface area contributed by atoms with Gasteiger partial charge in [0.1, 0.15) is 5.03 Å². The minimum absolute atomic E-state index is 0.0826. The van der Waals surface area contributed by atoms with Crippen molar-refractivity contribution in [2.24, 2.45) is 4.99 Å². The zero-order valence-electron chi connectivity index (χ0n) is 16.4. The van der Waals surface area contributed by atoms with Gasteiger partial charge in [-0.2, -0.15) is 9.61 Å². The second-order valence-electron chi connectivity index (χ2n) is 6.01. The molecule has 0 spiro atoms. The number of benzene rings is 1. The minimum atomic E-state index is -3.81. The Morgan fingerprint density at radius 3 is 2.69 bits per heavy atom. The summed E-state index contributed by atoms with van der Waals surface area (Å²) in [6.45, 7) is 2.03. The Morgan fingerprint density at radius 2 is 2.03 bits per heavy atom. The topological polar surface area (TPSA) is 85.9 Å². The van der Waals surface area contributed by atoms with Gasteiger partial charge in [0.2, 0.25) is 15.7 Å². The third-order valence-electron chi connectivity index (χ3n) is 4.09. The highest BCUT2D eigenvalue weighted by atomic mass is 32.2. The molecule has 7 nitrogen and oxygen atoms in total. The molecular formula is C20H22N4O3S2. The zero-order valence-corrected chi connectivity index (χ0v) is 18.1. The number of nitrogens with zero attached hydrogens (tertiary/aromatic N) is 4. The summed E-state index contributed by atoms with van der Waals surface area (Å²) in [7, 11) is -2.29. The van der Waals surface area contributed by atoms with Crippen molar-refractivity contribution in [3.05, 3.63) is 54.4 Å². The Hall–Kier alpha value is -2.65. The zero-order chi connectivity index (χ0) is 20.9. The molecule has 152 valence electrons. The summed E-state index contributed by atoms with van der Waals surface area (Å²) in [4.78, 5) is 9.05. The predicted molar refractivity (Wildman–Crippen MR) is 115 cm³/mol. The van der Waals surface area contributed by atoms with Crippen LogP contribution in [0, 0.1) is 0 Å². The van der Waals surface area contributed by atoms with E-state index in [0.29, 0.717) is 23.0 Å². The van der Waals surface area contributed by atoms with Crippen LogP contribution in [0.1, 0.15) is 19.0 Å². The van der Waals surface area contributed by atoms with Crippen LogP contribution < -0.4 is 4.74 Å². The molecule has 9 heteroatoms. The number of hydrogen-bond donors (Lipinski definition) is 0. The highest BCUT2D eigenvalue weighted by Gasteiger charge is 2.29. The fraction of sp³-hybridized carbons (Fsp3) is 0.250. The Bertz CT molecular complexity index is 1150. The van der Waals surface area contributed by atoms with Gasteiger partial charge in [-0.05, 0) is 24.8 Å². The van der Waals surface area contributed by atoms with Gasteiger partial charge in [-0.15, -0.1) is 11.8 Å². The molecule has 2 aromatic heterocycles. The molecule has 0 aliphatic carbocycles. The standard InChI is InChI=1S/C20H22N4O3S2/c1-4-5-12-21-13-11-15-14-17(27-2)24-19(22-15)18(20(23-24)28-3)29(25,26)16-9-7-6-8-10-16/h5-10,12-14H,4,11H2,1-3H3/b12-5-,21-13?. The highest BCUT2D eigenvalue weighted by molar-refractivity contribution is 7.99. The summed E-state index contributed by atoms with van der Waals surface area (Å²) in [6, 6.07) is 10.0. The number of thioether (sulfide) groups is 1. The van der Waals surface area contributed by atoms with Crippen molar-refractivity contribution < 1.29 is 13.2 Å². The molecule has 3 aromatic rings. The second-order valence-corrected chi connectivity index (χ2v) is 8.69. The van der Waals surface area contributed by atoms with Crippen LogP contribution >= 0.6 is 11.8 Å². The van der Waals surface area contributed by atoms with E-state index in [1.54, 1.807) is 55.1 Å².